The van der Waals surface area contributed by atoms with Crippen LogP contribution >= 0.6 is 11.3 Å². The summed E-state index contributed by atoms with van der Waals surface area (Å²) in [4.78, 5) is 15.7. The third-order valence-corrected chi connectivity index (χ3v) is 13.3. The number of aromatic nitrogens is 4. The summed E-state index contributed by atoms with van der Waals surface area (Å²) in [6, 6.07) is 69.8. The molecule has 0 saturated carbocycles. The number of hydrogen-bond acceptors (Lipinski definition) is 4. The molecule has 0 aliphatic rings. The second kappa shape index (κ2) is 12.9. The highest BCUT2D eigenvalue weighted by Gasteiger charge is 2.23. The third kappa shape index (κ3) is 5.06. The van der Waals surface area contributed by atoms with Gasteiger partial charge in [-0.15, -0.1) is 11.3 Å². The normalized spacial score (nSPS) is 12.0. The van der Waals surface area contributed by atoms with Crippen LogP contribution in [0.3, 0.4) is 0 Å². The zero-order chi connectivity index (χ0) is 39.3. The van der Waals surface area contributed by atoms with Gasteiger partial charge in [0.2, 0.25) is 0 Å². The monoisotopic (exact) mass is 780 g/mol. The van der Waals surface area contributed by atoms with E-state index in [9.17, 15) is 0 Å². The SMILES string of the molecule is c1ccc(-c2nc(-c3ccc4ccccc4c3)nc(-c3cc(-n4c5cc6ccccc6cc5c5c6ccccc6ccc54)c4c(c3)sc3c5ccccc5ccc34)n2)cc1. The summed E-state index contributed by atoms with van der Waals surface area (Å²) in [6.45, 7) is 0. The summed E-state index contributed by atoms with van der Waals surface area (Å²) in [5, 5.41) is 14.7. The Kier molecular flexibility index (Phi) is 7.14. The van der Waals surface area contributed by atoms with Crippen LogP contribution in [-0.4, -0.2) is 19.5 Å². The van der Waals surface area contributed by atoms with E-state index in [1.54, 1.807) is 0 Å². The molecule has 0 bridgehead atoms. The highest BCUT2D eigenvalue weighted by Crippen LogP contribution is 2.46. The summed E-state index contributed by atoms with van der Waals surface area (Å²) in [5.74, 6) is 1.92. The summed E-state index contributed by atoms with van der Waals surface area (Å²) in [7, 11) is 0. The number of fused-ring (bicyclic) bond motifs is 12. The van der Waals surface area contributed by atoms with Gasteiger partial charge >= 0.3 is 0 Å². The zero-order valence-electron chi connectivity index (χ0n) is 32.2. The average Bonchev–Trinajstić information content (AvgIpc) is 3.86. The minimum atomic E-state index is 0.633. The third-order valence-electron chi connectivity index (χ3n) is 12.1. The van der Waals surface area contributed by atoms with Crippen molar-refractivity contribution in [1.29, 1.82) is 0 Å². The minimum absolute atomic E-state index is 0.633. The Morgan fingerprint density at radius 2 is 0.917 bits per heavy atom. The van der Waals surface area contributed by atoms with Gasteiger partial charge in [0.1, 0.15) is 0 Å². The van der Waals surface area contributed by atoms with Crippen LogP contribution in [0.4, 0.5) is 0 Å². The molecule has 3 heterocycles. The second-order valence-electron chi connectivity index (χ2n) is 15.6. The lowest BCUT2D eigenvalue weighted by Crippen LogP contribution is -2.01. The predicted octanol–water partition coefficient (Wildman–Crippen LogP) is 15.0. The summed E-state index contributed by atoms with van der Waals surface area (Å²) < 4.78 is 4.95. The van der Waals surface area contributed by atoms with E-state index in [2.05, 4.69) is 180 Å². The Hall–Kier alpha value is -7.73. The zero-order valence-corrected chi connectivity index (χ0v) is 33.0. The van der Waals surface area contributed by atoms with Crippen LogP contribution in [0.1, 0.15) is 0 Å². The fourth-order valence-electron chi connectivity index (χ4n) is 9.33. The van der Waals surface area contributed by atoms with E-state index >= 15 is 0 Å². The van der Waals surface area contributed by atoms with Gasteiger partial charge in [0.15, 0.2) is 17.5 Å². The van der Waals surface area contributed by atoms with Gasteiger partial charge in [-0.05, 0) is 79.5 Å². The van der Waals surface area contributed by atoms with Gasteiger partial charge in [-0.2, -0.15) is 0 Å². The molecule has 4 nitrogen and oxygen atoms in total. The molecule has 5 heteroatoms. The van der Waals surface area contributed by atoms with Crippen LogP contribution < -0.4 is 0 Å². The van der Waals surface area contributed by atoms with Gasteiger partial charge in [-0.3, -0.25) is 0 Å². The lowest BCUT2D eigenvalue weighted by molar-refractivity contribution is 1.07. The lowest BCUT2D eigenvalue weighted by atomic mass is 10.0. The van der Waals surface area contributed by atoms with Crippen molar-refractivity contribution in [2.75, 3.05) is 0 Å². The first-order chi connectivity index (χ1) is 29.7. The maximum Gasteiger partial charge on any atom is 0.164 e. The Morgan fingerprint density at radius 3 is 1.70 bits per heavy atom. The number of hydrogen-bond donors (Lipinski definition) is 0. The molecule has 278 valence electrons. The van der Waals surface area contributed by atoms with Crippen molar-refractivity contribution < 1.29 is 0 Å². The van der Waals surface area contributed by atoms with E-state index in [4.69, 9.17) is 15.0 Å². The molecule has 60 heavy (non-hydrogen) atoms. The van der Waals surface area contributed by atoms with Crippen molar-refractivity contribution in [3.63, 3.8) is 0 Å². The Balaban J connectivity index is 1.17. The van der Waals surface area contributed by atoms with Crippen LogP contribution in [0.25, 0.3) is 125 Å². The molecule has 13 rings (SSSR count). The molecule has 10 aromatic carbocycles. The van der Waals surface area contributed by atoms with Gasteiger partial charge in [0.05, 0.1) is 16.7 Å². The fourth-order valence-corrected chi connectivity index (χ4v) is 10.6. The van der Waals surface area contributed by atoms with Gasteiger partial charge in [0, 0.05) is 47.6 Å². The molecule has 0 aliphatic heterocycles. The van der Waals surface area contributed by atoms with E-state index in [1.165, 1.54) is 68.6 Å². The quantitative estimate of drug-likeness (QED) is 0.179. The molecule has 0 atom stereocenters. The van der Waals surface area contributed by atoms with E-state index in [0.29, 0.717) is 17.5 Å². The van der Waals surface area contributed by atoms with Crippen LogP contribution in [0, 0.1) is 0 Å². The minimum Gasteiger partial charge on any atom is -0.308 e. The number of benzene rings is 10. The molecule has 3 aromatic heterocycles. The van der Waals surface area contributed by atoms with Crippen molar-refractivity contribution in [3.05, 3.63) is 194 Å². The highest BCUT2D eigenvalue weighted by atomic mass is 32.1. The van der Waals surface area contributed by atoms with Gasteiger partial charge in [0.25, 0.3) is 0 Å². The van der Waals surface area contributed by atoms with Crippen LogP contribution in [0.15, 0.2) is 194 Å². The maximum atomic E-state index is 5.32. The summed E-state index contributed by atoms with van der Waals surface area (Å²) in [5.41, 5.74) is 6.26. The number of rotatable bonds is 4. The number of nitrogens with zero attached hydrogens (tertiary/aromatic N) is 4. The molecule has 13 aromatic rings. The van der Waals surface area contributed by atoms with Crippen LogP contribution in [0.2, 0.25) is 0 Å². The number of thiophene rings is 1. The maximum absolute atomic E-state index is 5.32. The Bertz CT molecular complexity index is 3900. The molecule has 0 radical (unpaired) electrons. The highest BCUT2D eigenvalue weighted by molar-refractivity contribution is 7.26. The van der Waals surface area contributed by atoms with Crippen molar-refractivity contribution in [2.24, 2.45) is 0 Å². The topological polar surface area (TPSA) is 43.6 Å². The van der Waals surface area contributed by atoms with Gasteiger partial charge < -0.3 is 4.57 Å². The summed E-state index contributed by atoms with van der Waals surface area (Å²) in [6.07, 6.45) is 0. The fraction of sp³-hybridized carbons (Fsp3) is 0. The summed E-state index contributed by atoms with van der Waals surface area (Å²) >= 11 is 1.85. The first-order valence-electron chi connectivity index (χ1n) is 20.3. The standard InChI is InChI=1S/C55H32N4S/c1-2-15-36(16-3-1)53-56-54(40-23-22-33-12-4-5-17-37(33)28-40)58-55(57-53)41-31-48(51-44-26-24-35-14-9-11-21-43(35)52(44)60-49(51)32-41)59-46-27-25-34-13-8-10-20-42(34)50(46)45-29-38-18-6-7-19-39(38)30-47(45)59/h1-32H. The van der Waals surface area contributed by atoms with Crippen LogP contribution in [0.5, 0.6) is 0 Å². The predicted molar refractivity (Wildman–Crippen MR) is 253 cm³/mol. The molecule has 0 aliphatic carbocycles. The van der Waals surface area contributed by atoms with Gasteiger partial charge in [-0.1, -0.05) is 158 Å². The van der Waals surface area contributed by atoms with Crippen molar-refractivity contribution in [1.82, 2.24) is 19.5 Å². The largest absolute Gasteiger partial charge is 0.308 e. The smallest absolute Gasteiger partial charge is 0.164 e. The van der Waals surface area contributed by atoms with Crippen molar-refractivity contribution in [2.45, 2.75) is 0 Å². The van der Waals surface area contributed by atoms with E-state index in [0.717, 1.165) is 38.8 Å². The molecule has 0 N–H and O–H groups in total. The molecule has 0 unspecified atom stereocenters. The molecule has 0 fully saturated rings. The average molecular weight is 781 g/mol. The molecular weight excluding hydrogens is 749 g/mol. The van der Waals surface area contributed by atoms with E-state index in [1.807, 2.05) is 29.5 Å². The molecular formula is C55H32N4S. The first-order valence-corrected chi connectivity index (χ1v) is 21.1. The van der Waals surface area contributed by atoms with Crippen LogP contribution in [-0.2, 0) is 0 Å². The van der Waals surface area contributed by atoms with Crippen molar-refractivity contribution >= 4 is 96.4 Å². The molecule has 0 spiro atoms. The second-order valence-corrected chi connectivity index (χ2v) is 16.7. The molecule has 0 saturated heterocycles. The Morgan fingerprint density at radius 1 is 0.333 bits per heavy atom. The molecule has 0 amide bonds. The van der Waals surface area contributed by atoms with E-state index < -0.39 is 0 Å². The van der Waals surface area contributed by atoms with E-state index in [-0.39, 0.29) is 0 Å². The van der Waals surface area contributed by atoms with Crippen molar-refractivity contribution in [3.8, 4) is 39.9 Å². The van der Waals surface area contributed by atoms with Gasteiger partial charge in [-0.25, -0.2) is 15.0 Å². The lowest BCUT2D eigenvalue weighted by Gasteiger charge is -2.14. The first kappa shape index (κ1) is 33.3. The Labute approximate surface area is 348 Å².